The number of ether oxygens (including phenoxy) is 1. The average molecular weight is 413 g/mol. The van der Waals surface area contributed by atoms with Gasteiger partial charge in [0.25, 0.3) is 0 Å². The van der Waals surface area contributed by atoms with Gasteiger partial charge in [0, 0.05) is 29.6 Å². The van der Waals surface area contributed by atoms with Crippen molar-refractivity contribution in [1.29, 1.82) is 0 Å². The number of piperidine rings is 1. The number of aliphatic carboxylic acids is 2. The van der Waals surface area contributed by atoms with E-state index in [0.717, 1.165) is 0 Å². The van der Waals surface area contributed by atoms with Crippen molar-refractivity contribution in [3.8, 4) is 0 Å². The van der Waals surface area contributed by atoms with E-state index in [1.165, 1.54) is 0 Å². The molecule has 7 nitrogen and oxygen atoms in total. The fourth-order valence-electron chi connectivity index (χ4n) is 4.58. The summed E-state index contributed by atoms with van der Waals surface area (Å²) in [7, 11) is 0. The van der Waals surface area contributed by atoms with E-state index in [-0.39, 0.29) is 13.0 Å². The lowest BCUT2D eigenvalue weighted by molar-refractivity contribution is -0.174. The summed E-state index contributed by atoms with van der Waals surface area (Å²) in [5.74, 6) is -3.01. The number of benzene rings is 1. The highest BCUT2D eigenvalue weighted by molar-refractivity contribution is 6.31. The van der Waals surface area contributed by atoms with Crippen molar-refractivity contribution in [1.82, 2.24) is 5.32 Å². The predicted molar refractivity (Wildman–Crippen MR) is 107 cm³/mol. The van der Waals surface area contributed by atoms with Gasteiger partial charge < -0.3 is 26.0 Å². The molecule has 5 N–H and O–H groups in total. The molecule has 4 unspecified atom stereocenters. The molecule has 1 aliphatic rings. The fraction of sp³-hybridized carbons (Fsp3) is 0.600. The molecule has 5 atom stereocenters. The standard InChI is InChI=1S/C20H29ClN2O5/c1-4-20(18(26)27)15(11-28-10-9-22)23-12(2)19(3,17(24)25)16(20)13-7-5-6-8-14(13)21/h5-8,12,15-16,23H,4,9-11,22H2,1-3H3,(H,24,25)(H,26,27)/t12?,15?,16-,19?,20?/m0/s1. The zero-order chi connectivity index (χ0) is 21.1. The van der Waals surface area contributed by atoms with Gasteiger partial charge in [-0.2, -0.15) is 0 Å². The van der Waals surface area contributed by atoms with Crippen molar-refractivity contribution in [2.45, 2.75) is 45.2 Å². The van der Waals surface area contributed by atoms with Gasteiger partial charge in [-0.15, -0.1) is 0 Å². The number of carbonyl (C=O) groups is 2. The minimum Gasteiger partial charge on any atom is -0.481 e. The van der Waals surface area contributed by atoms with Crippen LogP contribution >= 0.6 is 11.6 Å². The molecule has 2 rings (SSSR count). The number of nitrogens with two attached hydrogens (primary N) is 1. The van der Waals surface area contributed by atoms with E-state index >= 15 is 0 Å². The van der Waals surface area contributed by atoms with Crippen molar-refractivity contribution in [3.05, 3.63) is 34.9 Å². The van der Waals surface area contributed by atoms with Crippen molar-refractivity contribution in [3.63, 3.8) is 0 Å². The lowest BCUT2D eigenvalue weighted by atomic mass is 9.51. The molecule has 0 aromatic heterocycles. The van der Waals surface area contributed by atoms with Crippen LogP contribution in [0.4, 0.5) is 0 Å². The Hall–Kier alpha value is -1.67. The number of hydrogen-bond acceptors (Lipinski definition) is 5. The van der Waals surface area contributed by atoms with Crippen LogP contribution in [0.5, 0.6) is 0 Å². The molecule has 0 saturated carbocycles. The molecular formula is C20H29ClN2O5. The summed E-state index contributed by atoms with van der Waals surface area (Å²) in [5.41, 5.74) is 3.19. The average Bonchev–Trinajstić information content (AvgIpc) is 2.64. The van der Waals surface area contributed by atoms with E-state index < -0.39 is 40.8 Å². The van der Waals surface area contributed by atoms with E-state index in [1.807, 2.05) is 0 Å². The second kappa shape index (κ2) is 8.78. The van der Waals surface area contributed by atoms with Crippen molar-refractivity contribution in [2.24, 2.45) is 16.6 Å². The Morgan fingerprint density at radius 3 is 2.43 bits per heavy atom. The largest absolute Gasteiger partial charge is 0.481 e. The van der Waals surface area contributed by atoms with Crippen LogP contribution in [-0.4, -0.2) is 54.0 Å². The summed E-state index contributed by atoms with van der Waals surface area (Å²) in [4.78, 5) is 25.2. The van der Waals surface area contributed by atoms with Crippen molar-refractivity contribution < 1.29 is 24.5 Å². The number of nitrogens with one attached hydrogen (secondary N) is 1. The second-order valence-corrected chi connectivity index (χ2v) is 7.95. The maximum absolute atomic E-state index is 12.7. The Labute approximate surface area is 170 Å². The SMILES string of the molecule is CCC1(C(=O)O)C(COCCN)NC(C)C(C)(C(=O)O)[C@@H]1c1ccccc1Cl. The number of carboxylic acids is 2. The van der Waals surface area contributed by atoms with Gasteiger partial charge in [-0.3, -0.25) is 9.59 Å². The summed E-state index contributed by atoms with van der Waals surface area (Å²) >= 11 is 6.45. The summed E-state index contributed by atoms with van der Waals surface area (Å²) < 4.78 is 5.59. The van der Waals surface area contributed by atoms with Crippen LogP contribution in [0, 0.1) is 10.8 Å². The van der Waals surface area contributed by atoms with Crippen LogP contribution < -0.4 is 11.1 Å². The Morgan fingerprint density at radius 1 is 1.29 bits per heavy atom. The highest BCUT2D eigenvalue weighted by atomic mass is 35.5. The first-order chi connectivity index (χ1) is 13.2. The van der Waals surface area contributed by atoms with Gasteiger partial charge in [0.15, 0.2) is 0 Å². The van der Waals surface area contributed by atoms with E-state index in [4.69, 9.17) is 22.1 Å². The van der Waals surface area contributed by atoms with Crippen LogP contribution in [0.2, 0.25) is 5.02 Å². The predicted octanol–water partition coefficient (Wildman–Crippen LogP) is 2.33. The Balaban J connectivity index is 2.75. The molecule has 1 aliphatic heterocycles. The van der Waals surface area contributed by atoms with Gasteiger partial charge in [0.2, 0.25) is 0 Å². The van der Waals surface area contributed by atoms with E-state index in [1.54, 1.807) is 45.0 Å². The first-order valence-corrected chi connectivity index (χ1v) is 9.80. The molecule has 0 amide bonds. The molecule has 156 valence electrons. The van der Waals surface area contributed by atoms with Crippen LogP contribution in [0.15, 0.2) is 24.3 Å². The maximum Gasteiger partial charge on any atom is 0.311 e. The molecule has 28 heavy (non-hydrogen) atoms. The van der Waals surface area contributed by atoms with Gasteiger partial charge in [-0.05, 0) is 31.9 Å². The van der Waals surface area contributed by atoms with Crippen molar-refractivity contribution >= 4 is 23.5 Å². The minimum absolute atomic E-state index is 0.109. The molecule has 1 saturated heterocycles. The number of carboxylic acid groups (broad SMARTS) is 2. The van der Waals surface area contributed by atoms with E-state index in [9.17, 15) is 19.8 Å². The smallest absolute Gasteiger partial charge is 0.311 e. The number of halogens is 1. The van der Waals surface area contributed by atoms with Gasteiger partial charge in [0.1, 0.15) is 0 Å². The monoisotopic (exact) mass is 412 g/mol. The molecular weight excluding hydrogens is 384 g/mol. The fourth-order valence-corrected chi connectivity index (χ4v) is 4.83. The summed E-state index contributed by atoms with van der Waals surface area (Å²) in [5, 5.41) is 24.1. The Morgan fingerprint density at radius 2 is 1.93 bits per heavy atom. The van der Waals surface area contributed by atoms with Crippen molar-refractivity contribution in [2.75, 3.05) is 19.8 Å². The third-order valence-electron chi connectivity index (χ3n) is 6.29. The van der Waals surface area contributed by atoms with E-state index in [2.05, 4.69) is 5.32 Å². The second-order valence-electron chi connectivity index (χ2n) is 7.55. The Kier molecular flexibility index (Phi) is 7.09. The quantitative estimate of drug-likeness (QED) is 0.483. The topological polar surface area (TPSA) is 122 Å². The first-order valence-electron chi connectivity index (χ1n) is 9.42. The number of hydrogen-bond donors (Lipinski definition) is 4. The molecule has 0 radical (unpaired) electrons. The highest BCUT2D eigenvalue weighted by Gasteiger charge is 2.65. The van der Waals surface area contributed by atoms with Gasteiger partial charge in [-0.25, -0.2) is 0 Å². The first kappa shape index (κ1) is 22.6. The molecule has 1 fully saturated rings. The zero-order valence-corrected chi connectivity index (χ0v) is 17.2. The zero-order valence-electron chi connectivity index (χ0n) is 16.4. The molecule has 1 heterocycles. The van der Waals surface area contributed by atoms with Gasteiger partial charge in [-0.1, -0.05) is 36.7 Å². The summed E-state index contributed by atoms with van der Waals surface area (Å²) in [6, 6.07) is 5.75. The van der Waals surface area contributed by atoms with Gasteiger partial charge >= 0.3 is 11.9 Å². The number of rotatable bonds is 8. The molecule has 0 aliphatic carbocycles. The van der Waals surface area contributed by atoms with Crippen LogP contribution in [0.25, 0.3) is 0 Å². The third-order valence-corrected chi connectivity index (χ3v) is 6.64. The molecule has 8 heteroatoms. The normalized spacial score (nSPS) is 32.8. The molecule has 1 aromatic carbocycles. The lowest BCUT2D eigenvalue weighted by Gasteiger charge is -2.56. The van der Waals surface area contributed by atoms with Crippen LogP contribution in [-0.2, 0) is 14.3 Å². The summed E-state index contributed by atoms with van der Waals surface area (Å²) in [6.45, 7) is 5.82. The molecule has 0 spiro atoms. The highest BCUT2D eigenvalue weighted by Crippen LogP contribution is 2.57. The lowest BCUT2D eigenvalue weighted by Crippen LogP contribution is -2.70. The molecule has 1 aromatic rings. The van der Waals surface area contributed by atoms with Crippen LogP contribution in [0.1, 0.15) is 38.7 Å². The molecule has 0 bridgehead atoms. The Bertz CT molecular complexity index is 730. The van der Waals surface area contributed by atoms with E-state index in [0.29, 0.717) is 23.7 Å². The van der Waals surface area contributed by atoms with Crippen LogP contribution in [0.3, 0.4) is 0 Å². The maximum atomic E-state index is 12.7. The third kappa shape index (κ3) is 3.52. The minimum atomic E-state index is -1.43. The van der Waals surface area contributed by atoms with Gasteiger partial charge in [0.05, 0.1) is 24.0 Å². The summed E-state index contributed by atoms with van der Waals surface area (Å²) in [6.07, 6.45) is 0.206.